The van der Waals surface area contributed by atoms with E-state index in [9.17, 15) is 0 Å². The van der Waals surface area contributed by atoms with E-state index in [1.807, 2.05) is 6.07 Å². The molecule has 3 rings (SSSR count). The average Bonchev–Trinajstić information content (AvgIpc) is 2.74. The van der Waals surface area contributed by atoms with E-state index in [0.29, 0.717) is 0 Å². The molecule has 0 fully saturated rings. The van der Waals surface area contributed by atoms with Gasteiger partial charge >= 0.3 is 0 Å². The molecule has 1 N–H and O–H groups in total. The fourth-order valence-electron chi connectivity index (χ4n) is 2.14. The van der Waals surface area contributed by atoms with Crippen molar-refractivity contribution < 1.29 is 4.52 Å². The molecule has 0 radical (unpaired) electrons. The number of nitrogens with zero attached hydrogens (tertiary/aromatic N) is 1. The number of fused-ring (bicyclic) bond motifs is 1. The average molecular weight is 214 g/mol. The van der Waals surface area contributed by atoms with Gasteiger partial charge in [0, 0.05) is 18.5 Å². The van der Waals surface area contributed by atoms with Gasteiger partial charge in [-0.2, -0.15) is 0 Å². The van der Waals surface area contributed by atoms with E-state index in [4.69, 9.17) is 4.52 Å². The van der Waals surface area contributed by atoms with Crippen LogP contribution in [0.25, 0.3) is 0 Å². The van der Waals surface area contributed by atoms with Crippen LogP contribution in [0.3, 0.4) is 0 Å². The third kappa shape index (κ3) is 1.74. The van der Waals surface area contributed by atoms with Crippen LogP contribution in [0.5, 0.6) is 0 Å². The first-order valence-corrected chi connectivity index (χ1v) is 5.64. The highest BCUT2D eigenvalue weighted by Gasteiger charge is 2.18. The molecule has 3 nitrogen and oxygen atoms in total. The van der Waals surface area contributed by atoms with Crippen molar-refractivity contribution >= 4 is 0 Å². The SMILES string of the molecule is c1ccc(Cc2onc3c2CCNC3)cc1. The highest BCUT2D eigenvalue weighted by Crippen LogP contribution is 2.20. The van der Waals surface area contributed by atoms with Gasteiger partial charge in [-0.05, 0) is 18.5 Å². The van der Waals surface area contributed by atoms with Gasteiger partial charge < -0.3 is 9.84 Å². The molecule has 16 heavy (non-hydrogen) atoms. The third-order valence-electron chi connectivity index (χ3n) is 3.00. The zero-order chi connectivity index (χ0) is 10.8. The molecular weight excluding hydrogens is 200 g/mol. The molecule has 0 bridgehead atoms. The number of hydrogen-bond acceptors (Lipinski definition) is 3. The summed E-state index contributed by atoms with van der Waals surface area (Å²) < 4.78 is 5.43. The standard InChI is InChI=1S/C13H14N2O/c1-2-4-10(5-3-1)8-13-11-6-7-14-9-12(11)15-16-13/h1-5,14H,6-9H2. The molecule has 0 atom stereocenters. The van der Waals surface area contributed by atoms with Gasteiger partial charge in [0.2, 0.25) is 0 Å². The summed E-state index contributed by atoms with van der Waals surface area (Å²) in [5, 5.41) is 7.41. The van der Waals surface area contributed by atoms with Gasteiger partial charge in [0.05, 0.1) is 0 Å². The van der Waals surface area contributed by atoms with Gasteiger partial charge in [-0.25, -0.2) is 0 Å². The van der Waals surface area contributed by atoms with Crippen LogP contribution in [-0.4, -0.2) is 11.7 Å². The number of benzene rings is 1. The van der Waals surface area contributed by atoms with Crippen molar-refractivity contribution in [1.29, 1.82) is 0 Å². The number of rotatable bonds is 2. The summed E-state index contributed by atoms with van der Waals surface area (Å²) in [5.74, 6) is 1.03. The number of nitrogens with one attached hydrogen (secondary N) is 1. The normalized spacial score (nSPS) is 14.8. The van der Waals surface area contributed by atoms with Crippen LogP contribution in [0.4, 0.5) is 0 Å². The van der Waals surface area contributed by atoms with Gasteiger partial charge in [0.25, 0.3) is 0 Å². The highest BCUT2D eigenvalue weighted by molar-refractivity contribution is 5.30. The maximum Gasteiger partial charge on any atom is 0.144 e. The molecule has 82 valence electrons. The first-order chi connectivity index (χ1) is 7.93. The van der Waals surface area contributed by atoms with Gasteiger partial charge in [0.1, 0.15) is 11.5 Å². The largest absolute Gasteiger partial charge is 0.360 e. The fraction of sp³-hybridized carbons (Fsp3) is 0.308. The first kappa shape index (κ1) is 9.60. The van der Waals surface area contributed by atoms with Gasteiger partial charge in [0.15, 0.2) is 0 Å². The Labute approximate surface area is 94.5 Å². The topological polar surface area (TPSA) is 38.1 Å². The molecule has 2 aromatic rings. The van der Waals surface area contributed by atoms with Crippen LogP contribution in [0.15, 0.2) is 34.9 Å². The van der Waals surface area contributed by atoms with Crippen molar-refractivity contribution in [3.63, 3.8) is 0 Å². The molecule has 0 saturated carbocycles. The summed E-state index contributed by atoms with van der Waals surface area (Å²) in [6, 6.07) is 10.4. The molecule has 0 saturated heterocycles. The van der Waals surface area contributed by atoms with E-state index in [-0.39, 0.29) is 0 Å². The van der Waals surface area contributed by atoms with Crippen LogP contribution in [0.2, 0.25) is 0 Å². The quantitative estimate of drug-likeness (QED) is 0.829. The Kier molecular flexibility index (Phi) is 2.46. The minimum atomic E-state index is 0.841. The summed E-state index contributed by atoms with van der Waals surface area (Å²) in [7, 11) is 0. The van der Waals surface area contributed by atoms with Crippen LogP contribution in [-0.2, 0) is 19.4 Å². The summed E-state index contributed by atoms with van der Waals surface area (Å²) in [6.45, 7) is 1.86. The van der Waals surface area contributed by atoms with Crippen LogP contribution in [0.1, 0.15) is 22.6 Å². The Bertz CT molecular complexity index is 476. The van der Waals surface area contributed by atoms with Gasteiger partial charge in [-0.15, -0.1) is 0 Å². The lowest BCUT2D eigenvalue weighted by Crippen LogP contribution is -2.23. The Morgan fingerprint density at radius 3 is 3.00 bits per heavy atom. The molecule has 1 aliphatic heterocycles. The minimum Gasteiger partial charge on any atom is -0.360 e. The Morgan fingerprint density at radius 1 is 1.25 bits per heavy atom. The summed E-state index contributed by atoms with van der Waals surface area (Å²) in [6.07, 6.45) is 1.88. The summed E-state index contributed by atoms with van der Waals surface area (Å²) in [5.41, 5.74) is 3.67. The van der Waals surface area contributed by atoms with Crippen LogP contribution in [0, 0.1) is 0 Å². The van der Waals surface area contributed by atoms with Crippen LogP contribution < -0.4 is 5.32 Å². The predicted octanol–water partition coefficient (Wildman–Crippen LogP) is 1.91. The second-order valence-corrected chi connectivity index (χ2v) is 4.12. The van der Waals surface area contributed by atoms with E-state index < -0.39 is 0 Å². The van der Waals surface area contributed by atoms with E-state index in [2.05, 4.69) is 34.7 Å². The zero-order valence-corrected chi connectivity index (χ0v) is 9.07. The van der Waals surface area contributed by atoms with E-state index >= 15 is 0 Å². The Morgan fingerprint density at radius 2 is 2.12 bits per heavy atom. The molecule has 1 aromatic heterocycles. The van der Waals surface area contributed by atoms with Gasteiger partial charge in [-0.1, -0.05) is 35.5 Å². The zero-order valence-electron chi connectivity index (χ0n) is 9.07. The molecule has 3 heteroatoms. The molecule has 0 unspecified atom stereocenters. The fourth-order valence-corrected chi connectivity index (χ4v) is 2.14. The maximum absolute atomic E-state index is 5.43. The van der Waals surface area contributed by atoms with Crippen molar-refractivity contribution in [2.75, 3.05) is 6.54 Å². The Hall–Kier alpha value is -1.61. The highest BCUT2D eigenvalue weighted by atomic mass is 16.5. The summed E-state index contributed by atoms with van der Waals surface area (Å²) >= 11 is 0. The Balaban J connectivity index is 1.88. The summed E-state index contributed by atoms with van der Waals surface area (Å²) in [4.78, 5) is 0. The van der Waals surface area contributed by atoms with Crippen molar-refractivity contribution in [3.8, 4) is 0 Å². The second kappa shape index (κ2) is 4.10. The lowest BCUT2D eigenvalue weighted by Gasteiger charge is -2.10. The van der Waals surface area contributed by atoms with Crippen molar-refractivity contribution in [1.82, 2.24) is 10.5 Å². The second-order valence-electron chi connectivity index (χ2n) is 4.12. The smallest absolute Gasteiger partial charge is 0.144 e. The molecule has 0 aliphatic carbocycles. The van der Waals surface area contributed by atoms with Gasteiger partial charge in [-0.3, -0.25) is 0 Å². The molecule has 1 aromatic carbocycles. The third-order valence-corrected chi connectivity index (χ3v) is 3.00. The van der Waals surface area contributed by atoms with Crippen molar-refractivity contribution in [2.45, 2.75) is 19.4 Å². The maximum atomic E-state index is 5.43. The first-order valence-electron chi connectivity index (χ1n) is 5.64. The predicted molar refractivity (Wildman–Crippen MR) is 61.2 cm³/mol. The molecule has 1 aliphatic rings. The molecule has 2 heterocycles. The molecular formula is C13H14N2O. The number of aromatic nitrogens is 1. The van der Waals surface area contributed by atoms with E-state index in [1.165, 1.54) is 11.1 Å². The lowest BCUT2D eigenvalue weighted by atomic mass is 10.0. The van der Waals surface area contributed by atoms with Crippen LogP contribution >= 0.6 is 0 Å². The number of hydrogen-bond donors (Lipinski definition) is 1. The van der Waals surface area contributed by atoms with Crippen molar-refractivity contribution in [3.05, 3.63) is 52.9 Å². The van der Waals surface area contributed by atoms with E-state index in [0.717, 1.165) is 37.4 Å². The monoisotopic (exact) mass is 214 g/mol. The minimum absolute atomic E-state index is 0.841. The van der Waals surface area contributed by atoms with E-state index in [1.54, 1.807) is 0 Å². The molecule has 0 amide bonds. The lowest BCUT2D eigenvalue weighted by molar-refractivity contribution is 0.382. The van der Waals surface area contributed by atoms with Crippen molar-refractivity contribution in [2.24, 2.45) is 0 Å². The molecule has 0 spiro atoms.